The fourth-order valence-electron chi connectivity index (χ4n) is 1.74. The molecule has 3 aromatic carbocycles. The normalized spacial score (nSPS) is 10.7. The van der Waals surface area contributed by atoms with Crippen LogP contribution in [0.25, 0.3) is 10.8 Å². The van der Waals surface area contributed by atoms with Gasteiger partial charge in [0.1, 0.15) is 0 Å². The van der Waals surface area contributed by atoms with Gasteiger partial charge in [0.25, 0.3) is 0 Å². The molecule has 0 aromatic heterocycles. The van der Waals surface area contributed by atoms with Crippen LogP contribution >= 0.6 is 0 Å². The minimum absolute atomic E-state index is 0.148. The molecule has 0 amide bonds. The number of nitrogens with two attached hydrogens (primary N) is 1. The number of benzene rings is 3. The van der Waals surface area contributed by atoms with Crippen molar-refractivity contribution in [1.82, 2.24) is 0 Å². The summed E-state index contributed by atoms with van der Waals surface area (Å²) in [5.41, 5.74) is 0. The topological polar surface area (TPSA) is 60.2 Å². The molecule has 0 saturated carbocycles. The highest BCUT2D eigenvalue weighted by Gasteiger charge is 2.03. The zero-order valence-corrected chi connectivity index (χ0v) is 11.6. The molecule has 0 aliphatic carbocycles. The molecule has 0 atom stereocenters. The van der Waals surface area contributed by atoms with Crippen molar-refractivity contribution in [3.05, 3.63) is 78.9 Å². The van der Waals surface area contributed by atoms with Crippen LogP contribution in [0.1, 0.15) is 0 Å². The Morgan fingerprint density at radius 3 is 1.25 bits per heavy atom. The van der Waals surface area contributed by atoms with Gasteiger partial charge in [-0.3, -0.25) is 0 Å². The van der Waals surface area contributed by atoms with E-state index in [9.17, 15) is 8.42 Å². The van der Waals surface area contributed by atoms with E-state index in [-0.39, 0.29) is 4.90 Å². The summed E-state index contributed by atoms with van der Waals surface area (Å²) in [7, 11) is -3.50. The van der Waals surface area contributed by atoms with Crippen LogP contribution in [0.4, 0.5) is 0 Å². The Labute approximate surface area is 118 Å². The minimum atomic E-state index is -3.50. The van der Waals surface area contributed by atoms with E-state index in [1.165, 1.54) is 22.9 Å². The van der Waals surface area contributed by atoms with Crippen LogP contribution in [0, 0.1) is 0 Å². The fraction of sp³-hybridized carbons (Fsp3) is 0. The lowest BCUT2D eigenvalue weighted by Crippen LogP contribution is -2.11. The first-order valence-corrected chi connectivity index (χ1v) is 7.63. The molecule has 20 heavy (non-hydrogen) atoms. The minimum Gasteiger partial charge on any atom is -0.225 e. The van der Waals surface area contributed by atoms with Crippen LogP contribution in [0.5, 0.6) is 0 Å². The van der Waals surface area contributed by atoms with Crippen LogP contribution in [-0.4, -0.2) is 8.42 Å². The number of rotatable bonds is 1. The van der Waals surface area contributed by atoms with Gasteiger partial charge in [-0.2, -0.15) is 0 Å². The van der Waals surface area contributed by atoms with Gasteiger partial charge in [-0.05, 0) is 22.9 Å². The van der Waals surface area contributed by atoms with E-state index in [1.807, 2.05) is 0 Å². The van der Waals surface area contributed by atoms with Crippen molar-refractivity contribution in [2.45, 2.75) is 4.90 Å². The molecule has 3 aromatic rings. The molecule has 3 nitrogen and oxygen atoms in total. The first-order valence-electron chi connectivity index (χ1n) is 6.09. The predicted octanol–water partition coefficient (Wildman–Crippen LogP) is 3.17. The van der Waals surface area contributed by atoms with E-state index in [4.69, 9.17) is 5.14 Å². The summed E-state index contributed by atoms with van der Waals surface area (Å²) in [6.45, 7) is 0. The van der Waals surface area contributed by atoms with E-state index in [2.05, 4.69) is 48.5 Å². The molecule has 3 rings (SSSR count). The Hall–Kier alpha value is -2.17. The number of fused-ring (bicyclic) bond motifs is 1. The molecule has 0 aliphatic heterocycles. The van der Waals surface area contributed by atoms with E-state index >= 15 is 0 Å². The van der Waals surface area contributed by atoms with E-state index < -0.39 is 10.0 Å². The molecule has 0 bridgehead atoms. The van der Waals surface area contributed by atoms with Crippen LogP contribution < -0.4 is 5.14 Å². The third kappa shape index (κ3) is 3.91. The molecule has 0 heterocycles. The molecule has 0 radical (unpaired) electrons. The highest BCUT2D eigenvalue weighted by molar-refractivity contribution is 7.89. The van der Waals surface area contributed by atoms with Crippen LogP contribution in [0.15, 0.2) is 83.8 Å². The summed E-state index contributed by atoms with van der Waals surface area (Å²) in [6.07, 6.45) is 0. The van der Waals surface area contributed by atoms with Crippen molar-refractivity contribution in [3.63, 3.8) is 0 Å². The third-order valence-electron chi connectivity index (χ3n) is 2.73. The second kappa shape index (κ2) is 6.32. The van der Waals surface area contributed by atoms with Crippen LogP contribution in [0.3, 0.4) is 0 Å². The van der Waals surface area contributed by atoms with Crippen molar-refractivity contribution in [1.29, 1.82) is 0 Å². The molecule has 0 spiro atoms. The average Bonchev–Trinajstić information content (AvgIpc) is 2.48. The van der Waals surface area contributed by atoms with Gasteiger partial charge in [0.05, 0.1) is 4.90 Å². The van der Waals surface area contributed by atoms with Crippen molar-refractivity contribution in [2.24, 2.45) is 5.14 Å². The molecular formula is C16H15NO2S. The van der Waals surface area contributed by atoms with Gasteiger partial charge in [0, 0.05) is 0 Å². The van der Waals surface area contributed by atoms with E-state index in [0.29, 0.717) is 0 Å². The monoisotopic (exact) mass is 285 g/mol. The molecule has 0 unspecified atom stereocenters. The van der Waals surface area contributed by atoms with Gasteiger partial charge in [0.2, 0.25) is 10.0 Å². The van der Waals surface area contributed by atoms with Crippen molar-refractivity contribution in [3.8, 4) is 0 Å². The Bertz CT molecular complexity index is 718. The van der Waals surface area contributed by atoms with Crippen LogP contribution in [-0.2, 0) is 10.0 Å². The summed E-state index contributed by atoms with van der Waals surface area (Å²) < 4.78 is 21.2. The Balaban J connectivity index is 0.000000147. The maximum atomic E-state index is 10.6. The fourth-order valence-corrected chi connectivity index (χ4v) is 2.28. The van der Waals surface area contributed by atoms with Crippen molar-refractivity contribution >= 4 is 20.8 Å². The highest BCUT2D eigenvalue weighted by Crippen LogP contribution is 2.11. The van der Waals surface area contributed by atoms with Gasteiger partial charge >= 0.3 is 0 Å². The summed E-state index contributed by atoms with van der Waals surface area (Å²) >= 11 is 0. The smallest absolute Gasteiger partial charge is 0.225 e. The largest absolute Gasteiger partial charge is 0.238 e. The second-order valence-corrected chi connectivity index (χ2v) is 5.77. The Kier molecular flexibility index (Phi) is 4.50. The standard InChI is InChI=1S/C10H8.C6H7NO2S/c1-2-6-10-8-4-3-7-9(10)5-1;7-10(8,9)6-4-2-1-3-5-6/h1-8H;1-5H,(H2,7,8,9). The predicted molar refractivity (Wildman–Crippen MR) is 81.8 cm³/mol. The first-order chi connectivity index (χ1) is 9.57. The maximum absolute atomic E-state index is 10.6. The third-order valence-corrected chi connectivity index (χ3v) is 3.66. The molecule has 2 N–H and O–H groups in total. The van der Waals surface area contributed by atoms with E-state index in [1.54, 1.807) is 18.2 Å². The van der Waals surface area contributed by atoms with Gasteiger partial charge < -0.3 is 0 Å². The molecule has 4 heteroatoms. The Morgan fingerprint density at radius 2 is 0.950 bits per heavy atom. The van der Waals surface area contributed by atoms with Gasteiger partial charge in [0.15, 0.2) is 0 Å². The molecule has 0 fully saturated rings. The summed E-state index contributed by atoms with van der Waals surface area (Å²) in [4.78, 5) is 0.148. The van der Waals surface area contributed by atoms with Crippen molar-refractivity contribution in [2.75, 3.05) is 0 Å². The van der Waals surface area contributed by atoms with Gasteiger partial charge in [-0.15, -0.1) is 0 Å². The average molecular weight is 285 g/mol. The summed E-state index contributed by atoms with van der Waals surface area (Å²) in [5.74, 6) is 0. The number of hydrogen-bond donors (Lipinski definition) is 1. The number of hydrogen-bond acceptors (Lipinski definition) is 2. The zero-order valence-electron chi connectivity index (χ0n) is 10.8. The number of sulfonamides is 1. The quantitative estimate of drug-likeness (QED) is 0.746. The lowest BCUT2D eigenvalue weighted by atomic mass is 10.1. The maximum Gasteiger partial charge on any atom is 0.238 e. The van der Waals surface area contributed by atoms with Crippen LogP contribution in [0.2, 0.25) is 0 Å². The molecular weight excluding hydrogens is 270 g/mol. The van der Waals surface area contributed by atoms with Gasteiger partial charge in [-0.1, -0.05) is 66.7 Å². The second-order valence-electron chi connectivity index (χ2n) is 4.21. The highest BCUT2D eigenvalue weighted by atomic mass is 32.2. The lowest BCUT2D eigenvalue weighted by molar-refractivity contribution is 0.598. The first kappa shape index (κ1) is 14.2. The summed E-state index contributed by atoms with van der Waals surface area (Å²) in [6, 6.07) is 24.6. The van der Waals surface area contributed by atoms with Crippen molar-refractivity contribution < 1.29 is 8.42 Å². The van der Waals surface area contributed by atoms with E-state index in [0.717, 1.165) is 0 Å². The summed E-state index contributed by atoms with van der Waals surface area (Å²) in [5, 5.41) is 7.45. The SMILES string of the molecule is NS(=O)(=O)c1ccccc1.c1ccc2ccccc2c1. The molecule has 0 saturated heterocycles. The Morgan fingerprint density at radius 1 is 0.600 bits per heavy atom. The lowest BCUT2D eigenvalue weighted by Gasteiger charge is -1.93. The zero-order chi connectivity index (χ0) is 14.4. The molecule has 0 aliphatic rings. The molecule has 102 valence electrons. The van der Waals surface area contributed by atoms with Gasteiger partial charge in [-0.25, -0.2) is 13.6 Å². The number of primary sulfonamides is 1.